The number of Topliss-reactive ketones (excluding diaryl/α,β-unsaturated/α-hetero) is 1. The van der Waals surface area contributed by atoms with Crippen LogP contribution in [0.1, 0.15) is 79.2 Å². The SMILES string of the molecule is COc1cccc2c1C(=O)c1c(O)c3c(c(O)c1C2=O)C[C@@](O)(C(=O)CSC(=O)c1ccccc1)C[C@@H]3OC1CC(NC(=O)C(F)(F)F)C(O)C(C)O1. The molecule has 6 atom stereocenters. The van der Waals surface area contributed by atoms with E-state index in [4.69, 9.17) is 14.2 Å². The van der Waals surface area contributed by atoms with E-state index < -0.39 is 118 Å². The third kappa shape index (κ3) is 6.90. The minimum Gasteiger partial charge on any atom is -0.507 e. The van der Waals surface area contributed by atoms with Crippen LogP contribution >= 0.6 is 11.8 Å². The molecule has 1 aliphatic heterocycles. The summed E-state index contributed by atoms with van der Waals surface area (Å²) in [6.07, 6.45) is -13.4. The monoisotopic (exact) mass is 759 g/mol. The molecule has 13 nitrogen and oxygen atoms in total. The maximum atomic E-state index is 13.9. The maximum absolute atomic E-state index is 13.9. The summed E-state index contributed by atoms with van der Waals surface area (Å²) in [5, 5.41) is 47.1. The van der Waals surface area contributed by atoms with Crippen molar-refractivity contribution >= 4 is 40.1 Å². The van der Waals surface area contributed by atoms with Gasteiger partial charge in [0.05, 0.1) is 47.8 Å². The number of hydrogen-bond donors (Lipinski definition) is 5. The molecule has 280 valence electrons. The van der Waals surface area contributed by atoms with E-state index in [9.17, 15) is 57.6 Å². The molecule has 4 unspecified atom stereocenters. The van der Waals surface area contributed by atoms with Gasteiger partial charge in [-0.3, -0.25) is 24.0 Å². The molecular formula is C36H32F3NO12S. The van der Waals surface area contributed by atoms with Crippen molar-refractivity contribution < 1.29 is 71.8 Å². The lowest BCUT2D eigenvalue weighted by molar-refractivity contribution is -0.250. The number of phenolic OH excluding ortho intramolecular Hbond substituents is 2. The van der Waals surface area contributed by atoms with Crippen molar-refractivity contribution in [2.75, 3.05) is 12.9 Å². The summed E-state index contributed by atoms with van der Waals surface area (Å²) >= 11 is 0.587. The highest BCUT2D eigenvalue weighted by atomic mass is 32.2. The van der Waals surface area contributed by atoms with Crippen LogP contribution in [0.15, 0.2) is 48.5 Å². The summed E-state index contributed by atoms with van der Waals surface area (Å²) in [6, 6.07) is 10.6. The normalized spacial score (nSPS) is 25.2. The third-order valence-corrected chi connectivity index (χ3v) is 10.4. The van der Waals surface area contributed by atoms with Crippen LogP contribution in [0.4, 0.5) is 13.2 Å². The van der Waals surface area contributed by atoms with Gasteiger partial charge in [0.2, 0.25) is 10.9 Å². The van der Waals surface area contributed by atoms with Crippen molar-refractivity contribution in [2.24, 2.45) is 0 Å². The molecule has 17 heteroatoms. The van der Waals surface area contributed by atoms with Crippen molar-refractivity contribution in [3.8, 4) is 17.2 Å². The van der Waals surface area contributed by atoms with Gasteiger partial charge >= 0.3 is 12.1 Å². The lowest BCUT2D eigenvalue weighted by Gasteiger charge is -2.43. The van der Waals surface area contributed by atoms with E-state index in [-0.39, 0.29) is 33.6 Å². The van der Waals surface area contributed by atoms with Crippen molar-refractivity contribution in [3.05, 3.63) is 87.5 Å². The minimum absolute atomic E-state index is 0.00599. The van der Waals surface area contributed by atoms with Crippen molar-refractivity contribution in [2.45, 2.75) is 68.6 Å². The Kier molecular flexibility index (Phi) is 10.2. The summed E-state index contributed by atoms with van der Waals surface area (Å²) in [5.74, 6) is -7.31. The number of aliphatic hydroxyl groups is 2. The van der Waals surface area contributed by atoms with Crippen LogP contribution in [0.25, 0.3) is 0 Å². The van der Waals surface area contributed by atoms with Crippen LogP contribution in [-0.4, -0.2) is 98.0 Å². The van der Waals surface area contributed by atoms with Crippen LogP contribution in [0.2, 0.25) is 0 Å². The highest BCUT2D eigenvalue weighted by Crippen LogP contribution is 2.52. The number of nitrogens with one attached hydrogen (secondary N) is 1. The van der Waals surface area contributed by atoms with Gasteiger partial charge in [-0.1, -0.05) is 54.2 Å². The number of carbonyl (C=O) groups is 5. The molecule has 0 radical (unpaired) electrons. The fourth-order valence-electron chi connectivity index (χ4n) is 6.88. The van der Waals surface area contributed by atoms with Gasteiger partial charge < -0.3 is 40.0 Å². The van der Waals surface area contributed by atoms with E-state index >= 15 is 0 Å². The number of aliphatic hydroxyl groups excluding tert-OH is 1. The van der Waals surface area contributed by atoms with Crippen LogP contribution < -0.4 is 10.1 Å². The Bertz CT molecular complexity index is 2020. The van der Waals surface area contributed by atoms with Gasteiger partial charge in [0.1, 0.15) is 29.0 Å². The Morgan fingerprint density at radius 1 is 1.00 bits per heavy atom. The number of aromatic hydroxyl groups is 2. The largest absolute Gasteiger partial charge is 0.507 e. The van der Waals surface area contributed by atoms with Gasteiger partial charge in [0, 0.05) is 41.5 Å². The molecule has 0 spiro atoms. The standard InChI is InChI=1S/C36H32F3NO12S/c1-15-28(42)19(40-34(48)36(37,38)39)11-23(51-15)52-21-13-35(49,22(41)14-53-33(47)16-7-4-3-5-8-16)12-18-25(21)32(46)27-26(30(18)44)29(43)17-9-6-10-20(50-2)24(17)31(27)45/h3-10,15,19,21,23,28,42,44,46,49H,11-14H2,1-2H3,(H,40,48)/t15?,19?,21-,23?,28?,35-/m0/s1. The first-order chi connectivity index (χ1) is 25.0. The number of halogens is 3. The van der Waals surface area contributed by atoms with E-state index in [1.165, 1.54) is 44.4 Å². The fraction of sp³-hybridized carbons (Fsp3) is 0.361. The quantitative estimate of drug-likeness (QED) is 0.164. The average molecular weight is 760 g/mol. The first kappa shape index (κ1) is 37.9. The second-order valence-electron chi connectivity index (χ2n) is 12.9. The Labute approximate surface area is 303 Å². The number of hydrogen-bond acceptors (Lipinski definition) is 13. The molecule has 2 aliphatic carbocycles. The maximum Gasteiger partial charge on any atom is 0.471 e. The number of ether oxygens (including phenoxy) is 3. The predicted molar refractivity (Wildman–Crippen MR) is 178 cm³/mol. The number of amides is 1. The molecule has 1 saturated heterocycles. The molecule has 53 heavy (non-hydrogen) atoms. The zero-order valence-corrected chi connectivity index (χ0v) is 28.7. The summed E-state index contributed by atoms with van der Waals surface area (Å²) in [5.41, 5.74) is -4.44. The molecule has 0 aromatic heterocycles. The molecule has 1 heterocycles. The molecule has 6 rings (SSSR count). The second kappa shape index (κ2) is 14.2. The van der Waals surface area contributed by atoms with Gasteiger partial charge in [-0.05, 0) is 13.0 Å². The van der Waals surface area contributed by atoms with Gasteiger partial charge in [-0.15, -0.1) is 0 Å². The van der Waals surface area contributed by atoms with E-state index in [2.05, 4.69) is 0 Å². The molecule has 3 aromatic carbocycles. The van der Waals surface area contributed by atoms with Gasteiger partial charge in [-0.25, -0.2) is 0 Å². The number of rotatable bonds is 8. The van der Waals surface area contributed by atoms with E-state index in [0.29, 0.717) is 11.8 Å². The highest BCUT2D eigenvalue weighted by molar-refractivity contribution is 8.14. The number of alkyl halides is 3. The molecule has 1 amide bonds. The lowest BCUT2D eigenvalue weighted by atomic mass is 9.72. The van der Waals surface area contributed by atoms with Crippen molar-refractivity contribution in [3.63, 3.8) is 0 Å². The summed E-state index contributed by atoms with van der Waals surface area (Å²) in [6.45, 7) is 1.29. The van der Waals surface area contributed by atoms with Gasteiger partial charge in [0.15, 0.2) is 17.9 Å². The zero-order valence-electron chi connectivity index (χ0n) is 27.9. The zero-order chi connectivity index (χ0) is 38.6. The first-order valence-electron chi connectivity index (χ1n) is 16.2. The van der Waals surface area contributed by atoms with E-state index in [1.54, 1.807) is 23.5 Å². The van der Waals surface area contributed by atoms with Gasteiger partial charge in [-0.2, -0.15) is 13.2 Å². The van der Waals surface area contributed by atoms with Crippen LogP contribution in [0.5, 0.6) is 17.2 Å². The topological polar surface area (TPSA) is 206 Å². The number of ketones is 3. The smallest absolute Gasteiger partial charge is 0.471 e. The summed E-state index contributed by atoms with van der Waals surface area (Å²) < 4.78 is 56.3. The molecule has 5 N–H and O–H groups in total. The first-order valence-corrected chi connectivity index (χ1v) is 17.2. The van der Waals surface area contributed by atoms with E-state index in [1.807, 2.05) is 0 Å². The minimum atomic E-state index is -5.29. The molecule has 0 saturated carbocycles. The lowest BCUT2D eigenvalue weighted by Crippen LogP contribution is -2.57. The van der Waals surface area contributed by atoms with Crippen LogP contribution in [0.3, 0.4) is 0 Å². The number of fused-ring (bicyclic) bond motifs is 3. The molecular weight excluding hydrogens is 727 g/mol. The van der Waals surface area contributed by atoms with Crippen LogP contribution in [-0.2, 0) is 25.5 Å². The van der Waals surface area contributed by atoms with Gasteiger partial charge in [0.25, 0.3) is 0 Å². The Morgan fingerprint density at radius 3 is 2.34 bits per heavy atom. The fourth-order valence-corrected chi connectivity index (χ4v) is 7.72. The Hall–Kier alpha value is -4.81. The molecule has 1 fully saturated rings. The van der Waals surface area contributed by atoms with E-state index in [0.717, 1.165) is 0 Å². The summed E-state index contributed by atoms with van der Waals surface area (Å²) in [7, 11) is 1.26. The highest BCUT2D eigenvalue weighted by Gasteiger charge is 2.51. The average Bonchev–Trinajstić information content (AvgIpc) is 3.12. The van der Waals surface area contributed by atoms with Crippen molar-refractivity contribution in [1.29, 1.82) is 0 Å². The Balaban J connectivity index is 1.41. The molecule has 3 aliphatic rings. The van der Waals surface area contributed by atoms with Crippen molar-refractivity contribution in [1.82, 2.24) is 5.32 Å². The molecule has 3 aromatic rings. The number of carbonyl (C=O) groups excluding carboxylic acids is 5. The number of thioether (sulfide) groups is 1. The number of methoxy groups -OCH3 is 1. The van der Waals surface area contributed by atoms with Crippen LogP contribution in [0, 0.1) is 0 Å². The molecule has 0 bridgehead atoms. The second-order valence-corrected chi connectivity index (χ2v) is 13.8. The Morgan fingerprint density at radius 2 is 1.68 bits per heavy atom. The summed E-state index contributed by atoms with van der Waals surface area (Å²) in [4.78, 5) is 66.0. The number of phenols is 2. The number of benzene rings is 3. The predicted octanol–water partition coefficient (Wildman–Crippen LogP) is 3.30. The third-order valence-electron chi connectivity index (χ3n) is 9.53.